The highest BCUT2D eigenvalue weighted by Crippen LogP contribution is 2.27. The molecular formula is C12H14N2O2S. The van der Waals surface area contributed by atoms with Gasteiger partial charge in [0, 0.05) is 24.8 Å². The standard InChI is InChI=1S/C12H14N2O2S/c1-14(12(16)4-5-17)9-2-3-10-8(6-9)7-11(15)13-10/h2-3,6,17H,4-5,7H2,1H3,(H,13,15). The van der Waals surface area contributed by atoms with Crippen molar-refractivity contribution in [1.82, 2.24) is 0 Å². The Bertz CT molecular complexity index is 474. The van der Waals surface area contributed by atoms with E-state index in [2.05, 4.69) is 17.9 Å². The predicted octanol–water partition coefficient (Wildman–Crippen LogP) is 1.46. The fraction of sp³-hybridized carbons (Fsp3) is 0.333. The van der Waals surface area contributed by atoms with Crippen LogP contribution >= 0.6 is 12.6 Å². The smallest absolute Gasteiger partial charge is 0.228 e. The van der Waals surface area contributed by atoms with E-state index < -0.39 is 0 Å². The highest BCUT2D eigenvalue weighted by atomic mass is 32.1. The van der Waals surface area contributed by atoms with Crippen LogP contribution in [0.25, 0.3) is 0 Å². The van der Waals surface area contributed by atoms with Crippen molar-refractivity contribution in [3.05, 3.63) is 23.8 Å². The third kappa shape index (κ3) is 2.44. The Kier molecular flexibility index (Phi) is 3.38. The summed E-state index contributed by atoms with van der Waals surface area (Å²) in [6, 6.07) is 5.55. The van der Waals surface area contributed by atoms with Gasteiger partial charge in [-0.2, -0.15) is 12.6 Å². The number of nitrogens with zero attached hydrogens (tertiary/aromatic N) is 1. The van der Waals surface area contributed by atoms with Gasteiger partial charge in [-0.15, -0.1) is 0 Å². The lowest BCUT2D eigenvalue weighted by atomic mass is 10.1. The van der Waals surface area contributed by atoms with E-state index in [4.69, 9.17) is 0 Å². The Morgan fingerprint density at radius 1 is 1.53 bits per heavy atom. The number of nitrogens with one attached hydrogen (secondary N) is 1. The van der Waals surface area contributed by atoms with Crippen molar-refractivity contribution < 1.29 is 9.59 Å². The Balaban J connectivity index is 2.21. The first kappa shape index (κ1) is 12.0. The molecule has 1 aliphatic heterocycles. The highest BCUT2D eigenvalue weighted by molar-refractivity contribution is 7.80. The van der Waals surface area contributed by atoms with Crippen molar-refractivity contribution in [3.63, 3.8) is 0 Å². The van der Waals surface area contributed by atoms with Crippen LogP contribution in [0.3, 0.4) is 0 Å². The molecule has 1 aromatic carbocycles. The molecule has 0 aliphatic carbocycles. The molecule has 0 saturated heterocycles. The largest absolute Gasteiger partial charge is 0.326 e. The molecule has 1 aromatic rings. The first-order chi connectivity index (χ1) is 8.11. The minimum atomic E-state index is 0.00138. The molecule has 90 valence electrons. The van der Waals surface area contributed by atoms with Gasteiger partial charge in [0.15, 0.2) is 0 Å². The lowest BCUT2D eigenvalue weighted by Crippen LogP contribution is -2.26. The van der Waals surface area contributed by atoms with Crippen molar-refractivity contribution in [2.75, 3.05) is 23.0 Å². The molecule has 1 aliphatic rings. The molecule has 4 nitrogen and oxygen atoms in total. The monoisotopic (exact) mass is 250 g/mol. The lowest BCUT2D eigenvalue weighted by Gasteiger charge is -2.17. The third-order valence-corrected chi connectivity index (χ3v) is 3.02. The molecule has 0 radical (unpaired) electrons. The number of hydrogen-bond acceptors (Lipinski definition) is 3. The van der Waals surface area contributed by atoms with Crippen LogP contribution in [0.4, 0.5) is 11.4 Å². The molecule has 2 rings (SSSR count). The van der Waals surface area contributed by atoms with Gasteiger partial charge in [-0.25, -0.2) is 0 Å². The summed E-state index contributed by atoms with van der Waals surface area (Å²) in [7, 11) is 1.73. The van der Waals surface area contributed by atoms with Gasteiger partial charge in [-0.1, -0.05) is 0 Å². The summed E-state index contributed by atoms with van der Waals surface area (Å²) in [6.45, 7) is 0. The summed E-state index contributed by atoms with van der Waals surface area (Å²) in [5.74, 6) is 0.562. The minimum Gasteiger partial charge on any atom is -0.326 e. The quantitative estimate of drug-likeness (QED) is 0.798. The molecule has 5 heteroatoms. The first-order valence-electron chi connectivity index (χ1n) is 5.42. The van der Waals surface area contributed by atoms with Gasteiger partial charge in [0.1, 0.15) is 0 Å². The fourth-order valence-electron chi connectivity index (χ4n) is 1.83. The van der Waals surface area contributed by atoms with Crippen LogP contribution < -0.4 is 10.2 Å². The molecule has 0 atom stereocenters. The molecule has 2 amide bonds. The van der Waals surface area contributed by atoms with Crippen molar-refractivity contribution >= 4 is 35.8 Å². The van der Waals surface area contributed by atoms with Gasteiger partial charge in [-0.3, -0.25) is 9.59 Å². The van der Waals surface area contributed by atoms with E-state index in [9.17, 15) is 9.59 Å². The van der Waals surface area contributed by atoms with Crippen LogP contribution in [0, 0.1) is 0 Å². The molecule has 0 saturated carbocycles. The molecule has 0 aromatic heterocycles. The number of fused-ring (bicyclic) bond motifs is 1. The van der Waals surface area contributed by atoms with E-state index in [1.165, 1.54) is 0 Å². The number of anilines is 2. The van der Waals surface area contributed by atoms with Gasteiger partial charge in [0.2, 0.25) is 11.8 Å². The van der Waals surface area contributed by atoms with Crippen LogP contribution in [-0.2, 0) is 16.0 Å². The average molecular weight is 250 g/mol. The maximum absolute atomic E-state index is 11.7. The van der Waals surface area contributed by atoms with Crippen molar-refractivity contribution in [2.45, 2.75) is 12.8 Å². The van der Waals surface area contributed by atoms with Gasteiger partial charge in [-0.05, 0) is 29.5 Å². The molecule has 17 heavy (non-hydrogen) atoms. The highest BCUT2D eigenvalue weighted by Gasteiger charge is 2.19. The van der Waals surface area contributed by atoms with Crippen LogP contribution in [0.15, 0.2) is 18.2 Å². The normalized spacial score (nSPS) is 13.2. The summed E-state index contributed by atoms with van der Waals surface area (Å²) in [6.07, 6.45) is 0.797. The zero-order valence-corrected chi connectivity index (χ0v) is 10.5. The molecule has 1 N–H and O–H groups in total. The second-order valence-electron chi connectivity index (χ2n) is 3.99. The van der Waals surface area contributed by atoms with E-state index in [0.717, 1.165) is 16.9 Å². The number of benzene rings is 1. The maximum Gasteiger partial charge on any atom is 0.228 e. The average Bonchev–Trinajstić information content (AvgIpc) is 2.67. The summed E-state index contributed by atoms with van der Waals surface area (Å²) < 4.78 is 0. The van der Waals surface area contributed by atoms with Gasteiger partial charge in [0.05, 0.1) is 6.42 Å². The van der Waals surface area contributed by atoms with E-state index in [1.807, 2.05) is 18.2 Å². The van der Waals surface area contributed by atoms with Crippen molar-refractivity contribution in [1.29, 1.82) is 0 Å². The summed E-state index contributed by atoms with van der Waals surface area (Å²) in [5.41, 5.74) is 2.60. The van der Waals surface area contributed by atoms with E-state index >= 15 is 0 Å². The topological polar surface area (TPSA) is 49.4 Å². The minimum absolute atomic E-state index is 0.00138. The van der Waals surface area contributed by atoms with Crippen molar-refractivity contribution in [3.8, 4) is 0 Å². The number of thiol groups is 1. The molecule has 0 spiro atoms. The van der Waals surface area contributed by atoms with E-state index in [1.54, 1.807) is 11.9 Å². The summed E-state index contributed by atoms with van der Waals surface area (Å²) in [5, 5.41) is 2.76. The van der Waals surface area contributed by atoms with Crippen molar-refractivity contribution in [2.24, 2.45) is 0 Å². The zero-order chi connectivity index (χ0) is 12.4. The SMILES string of the molecule is CN(C(=O)CCS)c1ccc2c(c1)CC(=O)N2. The second kappa shape index (κ2) is 4.79. The number of carbonyl (C=O) groups is 2. The zero-order valence-electron chi connectivity index (χ0n) is 9.56. The van der Waals surface area contributed by atoms with E-state index in [-0.39, 0.29) is 11.8 Å². The maximum atomic E-state index is 11.7. The number of hydrogen-bond donors (Lipinski definition) is 2. The van der Waals surface area contributed by atoms with Crippen LogP contribution in [-0.4, -0.2) is 24.6 Å². The molecule has 0 bridgehead atoms. The fourth-order valence-corrected chi connectivity index (χ4v) is 2.02. The van der Waals surface area contributed by atoms with Gasteiger partial charge in [0.25, 0.3) is 0 Å². The Labute approximate surface area is 105 Å². The molecular weight excluding hydrogens is 236 g/mol. The Hall–Kier alpha value is -1.49. The van der Waals surface area contributed by atoms with Crippen LogP contribution in [0.1, 0.15) is 12.0 Å². The van der Waals surface area contributed by atoms with Gasteiger partial charge < -0.3 is 10.2 Å². The molecule has 0 fully saturated rings. The van der Waals surface area contributed by atoms with Crippen LogP contribution in [0.2, 0.25) is 0 Å². The molecule has 0 unspecified atom stereocenters. The number of amides is 2. The predicted molar refractivity (Wildman–Crippen MR) is 70.7 cm³/mol. The van der Waals surface area contributed by atoms with Crippen LogP contribution in [0.5, 0.6) is 0 Å². The second-order valence-corrected chi connectivity index (χ2v) is 4.44. The third-order valence-electron chi connectivity index (χ3n) is 2.80. The first-order valence-corrected chi connectivity index (χ1v) is 6.05. The summed E-state index contributed by atoms with van der Waals surface area (Å²) in [4.78, 5) is 24.5. The number of carbonyl (C=O) groups excluding carboxylic acids is 2. The lowest BCUT2D eigenvalue weighted by molar-refractivity contribution is -0.118. The molecule has 1 heterocycles. The summed E-state index contributed by atoms with van der Waals surface area (Å²) >= 11 is 4.04. The number of rotatable bonds is 3. The van der Waals surface area contributed by atoms with E-state index in [0.29, 0.717) is 18.6 Å². The Morgan fingerprint density at radius 2 is 2.29 bits per heavy atom. The Morgan fingerprint density at radius 3 is 3.00 bits per heavy atom. The van der Waals surface area contributed by atoms with Gasteiger partial charge >= 0.3 is 0 Å².